The van der Waals surface area contributed by atoms with Gasteiger partial charge in [0.15, 0.2) is 11.8 Å². The van der Waals surface area contributed by atoms with Gasteiger partial charge in [-0.15, -0.1) is 0 Å². The maximum absolute atomic E-state index is 12.3. The molecule has 0 N–H and O–H groups in total. The normalized spacial score (nSPS) is 18.8. The van der Waals surface area contributed by atoms with Crippen LogP contribution in [0.1, 0.15) is 11.1 Å². The van der Waals surface area contributed by atoms with Gasteiger partial charge in [-0.25, -0.2) is 0 Å². The maximum atomic E-state index is 12.3. The molecule has 0 aliphatic carbocycles. The second-order valence-corrected chi connectivity index (χ2v) is 5.61. The molecule has 0 aromatic heterocycles. The number of nitrogens with zero attached hydrogens (tertiary/aromatic N) is 2. The van der Waals surface area contributed by atoms with E-state index in [0.717, 1.165) is 5.56 Å². The predicted octanol–water partition coefficient (Wildman–Crippen LogP) is 2.32. The molecule has 1 unspecified atom stereocenters. The summed E-state index contributed by atoms with van der Waals surface area (Å²) in [6.07, 6.45) is 2.92. The summed E-state index contributed by atoms with van der Waals surface area (Å²) in [7, 11) is 0. The molecule has 2 aromatic rings. The van der Waals surface area contributed by atoms with Crippen LogP contribution in [0.4, 0.5) is 0 Å². The van der Waals surface area contributed by atoms with Gasteiger partial charge in [-0.3, -0.25) is 14.6 Å². The molecule has 2 aliphatic heterocycles. The lowest BCUT2D eigenvalue weighted by Gasteiger charge is -2.07. The zero-order valence-corrected chi connectivity index (χ0v) is 12.8. The van der Waals surface area contributed by atoms with Crippen LogP contribution in [0.15, 0.2) is 72.0 Å². The number of ether oxygens (including phenoxy) is 1. The minimum absolute atomic E-state index is 0.221. The number of carbonyl (C=O) groups is 2. The Kier molecular flexibility index (Phi) is 3.46. The van der Waals surface area contributed by atoms with E-state index in [2.05, 4.69) is 5.10 Å². The molecule has 0 amide bonds. The van der Waals surface area contributed by atoms with E-state index in [-0.39, 0.29) is 11.6 Å². The van der Waals surface area contributed by atoms with Crippen molar-refractivity contribution in [2.45, 2.75) is 12.6 Å². The quantitative estimate of drug-likeness (QED) is 0.812. The molecule has 0 radical (unpaired) electrons. The zero-order chi connectivity index (χ0) is 16.5. The van der Waals surface area contributed by atoms with Gasteiger partial charge >= 0.3 is 0 Å². The molecule has 0 saturated carbocycles. The van der Waals surface area contributed by atoms with Crippen LogP contribution < -0.4 is 4.74 Å². The van der Waals surface area contributed by atoms with Crippen molar-refractivity contribution < 1.29 is 14.3 Å². The molecule has 2 aliphatic rings. The lowest BCUT2D eigenvalue weighted by atomic mass is 10.0. The number of benzene rings is 2. The number of rotatable bonds is 4. The fraction of sp³-hybridized carbons (Fsp3) is 0.105. The SMILES string of the molecule is O=C1C=CN2N=C(c3ccc(OCc4ccccc4)cc3)C(=O)C12. The van der Waals surface area contributed by atoms with Crippen molar-refractivity contribution in [3.05, 3.63) is 78.0 Å². The first kappa shape index (κ1) is 14.4. The first-order chi connectivity index (χ1) is 11.7. The third-order valence-corrected chi connectivity index (χ3v) is 4.00. The molecule has 1 atom stereocenters. The molecular formula is C19H14N2O3. The molecule has 0 bridgehead atoms. The van der Waals surface area contributed by atoms with E-state index in [1.807, 2.05) is 30.3 Å². The van der Waals surface area contributed by atoms with E-state index in [4.69, 9.17) is 4.74 Å². The van der Waals surface area contributed by atoms with Crippen LogP contribution in [0.2, 0.25) is 0 Å². The molecule has 24 heavy (non-hydrogen) atoms. The Morgan fingerprint density at radius 2 is 1.75 bits per heavy atom. The Morgan fingerprint density at radius 3 is 2.46 bits per heavy atom. The summed E-state index contributed by atoms with van der Waals surface area (Å²) in [5.74, 6) is 0.231. The number of hydrogen-bond acceptors (Lipinski definition) is 5. The smallest absolute Gasteiger partial charge is 0.216 e. The second kappa shape index (κ2) is 5.77. The van der Waals surface area contributed by atoms with Gasteiger partial charge in [0.25, 0.3) is 0 Å². The van der Waals surface area contributed by atoms with E-state index < -0.39 is 6.04 Å². The minimum atomic E-state index is -0.811. The summed E-state index contributed by atoms with van der Waals surface area (Å²) >= 11 is 0. The van der Waals surface area contributed by atoms with Crippen LogP contribution in [0.5, 0.6) is 5.75 Å². The average Bonchev–Trinajstić information content (AvgIpc) is 3.15. The van der Waals surface area contributed by atoms with Gasteiger partial charge in [0.2, 0.25) is 5.78 Å². The Hall–Kier alpha value is -3.21. The van der Waals surface area contributed by atoms with E-state index in [0.29, 0.717) is 23.6 Å². The number of hydrazone groups is 1. The van der Waals surface area contributed by atoms with E-state index in [1.165, 1.54) is 17.3 Å². The standard InChI is InChI=1S/C19H14N2O3/c22-16-10-11-21-18(16)19(23)17(20-21)14-6-8-15(9-7-14)24-12-13-4-2-1-3-5-13/h1-11,18H,12H2. The van der Waals surface area contributed by atoms with Crippen molar-refractivity contribution in [2.75, 3.05) is 0 Å². The Labute approximate surface area is 138 Å². The highest BCUT2D eigenvalue weighted by Crippen LogP contribution is 2.24. The van der Waals surface area contributed by atoms with Gasteiger partial charge in [-0.1, -0.05) is 30.3 Å². The lowest BCUT2D eigenvalue weighted by molar-refractivity contribution is -0.124. The van der Waals surface area contributed by atoms with E-state index >= 15 is 0 Å². The largest absolute Gasteiger partial charge is 0.489 e. The van der Waals surface area contributed by atoms with Gasteiger partial charge in [0.1, 0.15) is 18.1 Å². The summed E-state index contributed by atoms with van der Waals surface area (Å²) in [5, 5.41) is 5.64. The maximum Gasteiger partial charge on any atom is 0.216 e. The fourth-order valence-corrected chi connectivity index (χ4v) is 2.74. The third kappa shape index (κ3) is 2.50. The zero-order valence-electron chi connectivity index (χ0n) is 12.8. The van der Waals surface area contributed by atoms with Crippen molar-refractivity contribution in [2.24, 2.45) is 5.10 Å². The third-order valence-electron chi connectivity index (χ3n) is 4.00. The van der Waals surface area contributed by atoms with Gasteiger partial charge in [-0.2, -0.15) is 5.10 Å². The first-order valence-electron chi connectivity index (χ1n) is 7.63. The van der Waals surface area contributed by atoms with Crippen LogP contribution in [0.25, 0.3) is 0 Å². The van der Waals surface area contributed by atoms with Crippen molar-refractivity contribution in [1.29, 1.82) is 0 Å². The Morgan fingerprint density at radius 1 is 1.00 bits per heavy atom. The van der Waals surface area contributed by atoms with Crippen LogP contribution in [-0.4, -0.2) is 28.3 Å². The molecule has 118 valence electrons. The van der Waals surface area contributed by atoms with Crippen LogP contribution >= 0.6 is 0 Å². The fourth-order valence-electron chi connectivity index (χ4n) is 2.74. The molecule has 0 spiro atoms. The van der Waals surface area contributed by atoms with Gasteiger partial charge in [0.05, 0.1) is 0 Å². The highest BCUT2D eigenvalue weighted by molar-refractivity contribution is 6.52. The summed E-state index contributed by atoms with van der Waals surface area (Å²) in [6, 6.07) is 16.2. The van der Waals surface area contributed by atoms with Gasteiger partial charge in [0, 0.05) is 17.8 Å². The molecule has 0 saturated heterocycles. The summed E-state index contributed by atoms with van der Waals surface area (Å²) in [6.45, 7) is 0.481. The summed E-state index contributed by atoms with van der Waals surface area (Å²) in [4.78, 5) is 24.0. The van der Waals surface area contributed by atoms with Crippen LogP contribution in [-0.2, 0) is 16.2 Å². The number of Topliss-reactive ketones (excluding diaryl/α,β-unsaturated/α-hetero) is 1. The van der Waals surface area contributed by atoms with Crippen molar-refractivity contribution in [1.82, 2.24) is 5.01 Å². The summed E-state index contributed by atoms with van der Waals surface area (Å²) < 4.78 is 5.73. The number of carbonyl (C=O) groups excluding carboxylic acids is 2. The summed E-state index contributed by atoms with van der Waals surface area (Å²) in [5.41, 5.74) is 2.08. The van der Waals surface area contributed by atoms with Crippen molar-refractivity contribution >= 4 is 17.3 Å². The first-order valence-corrected chi connectivity index (χ1v) is 7.63. The van der Waals surface area contributed by atoms with Gasteiger partial charge in [-0.05, 0) is 29.8 Å². The highest BCUT2D eigenvalue weighted by atomic mass is 16.5. The molecule has 0 fully saturated rings. The number of ketones is 2. The van der Waals surface area contributed by atoms with Crippen LogP contribution in [0.3, 0.4) is 0 Å². The predicted molar refractivity (Wildman–Crippen MR) is 88.5 cm³/mol. The van der Waals surface area contributed by atoms with Crippen LogP contribution in [0, 0.1) is 0 Å². The topological polar surface area (TPSA) is 59.0 Å². The molecular weight excluding hydrogens is 304 g/mol. The molecule has 5 heteroatoms. The Bertz CT molecular complexity index is 854. The second-order valence-electron chi connectivity index (χ2n) is 5.61. The highest BCUT2D eigenvalue weighted by Gasteiger charge is 2.42. The van der Waals surface area contributed by atoms with Crippen molar-refractivity contribution in [3.8, 4) is 5.75 Å². The minimum Gasteiger partial charge on any atom is -0.489 e. The molecule has 4 rings (SSSR count). The molecule has 5 nitrogen and oxygen atoms in total. The van der Waals surface area contributed by atoms with Crippen molar-refractivity contribution in [3.63, 3.8) is 0 Å². The lowest BCUT2D eigenvalue weighted by Crippen LogP contribution is -2.33. The number of hydrogen-bond donors (Lipinski definition) is 0. The van der Waals surface area contributed by atoms with E-state index in [1.54, 1.807) is 24.3 Å². The van der Waals surface area contributed by atoms with Gasteiger partial charge < -0.3 is 4.74 Å². The van der Waals surface area contributed by atoms with E-state index in [9.17, 15) is 9.59 Å². The monoisotopic (exact) mass is 318 g/mol. The number of fused-ring (bicyclic) bond motifs is 1. The average molecular weight is 318 g/mol. The molecule has 2 heterocycles. The Balaban J connectivity index is 1.47. The molecule has 2 aromatic carbocycles.